The van der Waals surface area contributed by atoms with E-state index in [0.717, 1.165) is 25.7 Å². The molecule has 7 heteroatoms. The summed E-state index contributed by atoms with van der Waals surface area (Å²) in [6.45, 7) is 0. The van der Waals surface area contributed by atoms with E-state index >= 15 is 0 Å². The number of carbonyl (C=O) groups is 2. The van der Waals surface area contributed by atoms with E-state index in [1.165, 1.54) is 35.6 Å². The lowest BCUT2D eigenvalue weighted by atomic mass is 9.91. The van der Waals surface area contributed by atoms with Gasteiger partial charge >= 0.3 is 0 Å². The van der Waals surface area contributed by atoms with Gasteiger partial charge in [-0.25, -0.2) is 0 Å². The van der Waals surface area contributed by atoms with E-state index in [4.69, 9.17) is 0 Å². The molecule has 1 unspecified atom stereocenters. The summed E-state index contributed by atoms with van der Waals surface area (Å²) in [7, 11) is 0. The minimum Gasteiger partial charge on any atom is -0.352 e. The largest absolute Gasteiger partial charge is 0.352 e. The Kier molecular flexibility index (Phi) is 7.37. The molecular formula is C26H26N3O4. The molecule has 1 N–H and O–H groups in total. The molecule has 2 fully saturated rings. The fourth-order valence-corrected chi connectivity index (χ4v) is 4.35. The van der Waals surface area contributed by atoms with Gasteiger partial charge in [-0.3, -0.25) is 24.6 Å². The Bertz CT molecular complexity index is 965. The molecule has 2 aliphatic rings. The van der Waals surface area contributed by atoms with Crippen LogP contribution < -0.4 is 10.2 Å². The van der Waals surface area contributed by atoms with Crippen LogP contribution in [-0.4, -0.2) is 28.8 Å². The fourth-order valence-electron chi connectivity index (χ4n) is 4.35. The van der Waals surface area contributed by atoms with Crippen molar-refractivity contribution in [2.75, 3.05) is 4.90 Å². The number of nitrogens with zero attached hydrogens (tertiary/aromatic N) is 2. The summed E-state index contributed by atoms with van der Waals surface area (Å²) in [6, 6.07) is 13.7. The highest BCUT2D eigenvalue weighted by molar-refractivity contribution is 6.11. The zero-order chi connectivity index (χ0) is 23.2. The molecule has 2 saturated carbocycles. The minimum atomic E-state index is -0.869. The van der Waals surface area contributed by atoms with Crippen LogP contribution in [0, 0.1) is 41.7 Å². The predicted molar refractivity (Wildman–Crippen MR) is 126 cm³/mol. The highest BCUT2D eigenvalue weighted by atomic mass is 16.6. The van der Waals surface area contributed by atoms with Crippen LogP contribution in [-0.2, 0) is 4.79 Å². The van der Waals surface area contributed by atoms with Crippen molar-refractivity contribution in [1.29, 1.82) is 0 Å². The molecule has 1 atom stereocenters. The number of hydrogen-bond donors (Lipinski definition) is 1. The number of rotatable bonds is 7. The Morgan fingerprint density at radius 2 is 1.58 bits per heavy atom. The number of nitro groups is 1. The molecule has 0 spiro atoms. The molecule has 4 rings (SSSR count). The van der Waals surface area contributed by atoms with Gasteiger partial charge in [0.1, 0.15) is 6.04 Å². The van der Waals surface area contributed by atoms with Gasteiger partial charge in [-0.05, 0) is 62.8 Å². The van der Waals surface area contributed by atoms with Gasteiger partial charge in [-0.2, -0.15) is 0 Å². The van der Waals surface area contributed by atoms with Gasteiger partial charge in [0, 0.05) is 35.3 Å². The van der Waals surface area contributed by atoms with Crippen molar-refractivity contribution in [1.82, 2.24) is 5.32 Å². The standard InChI is InChI=1S/C26H26N3O4/c30-25(27-21-11-3-1-4-12-21)24(19-9-7-8-10-19)28(22-13-5-2-6-14-22)26(31)20-15-17-23(18-16-20)29(32)33/h2,5-10,13-18,21,24H,1,3-4,11-12H2,(H,27,30). The van der Waals surface area contributed by atoms with Crippen LogP contribution >= 0.6 is 0 Å². The molecule has 2 aromatic rings. The summed E-state index contributed by atoms with van der Waals surface area (Å²) in [6.07, 6.45) is 12.6. The number of amides is 2. The topological polar surface area (TPSA) is 92.6 Å². The zero-order valence-corrected chi connectivity index (χ0v) is 18.2. The van der Waals surface area contributed by atoms with E-state index in [2.05, 4.69) is 5.32 Å². The SMILES string of the molecule is O=C(NC1CCCCC1)C([C]1[CH][CH][CH][CH]1)N(C(=O)c1ccc([N+](=O)[O-])cc1)c1ccccc1. The van der Waals surface area contributed by atoms with Crippen LogP contribution in [0.15, 0.2) is 54.6 Å². The van der Waals surface area contributed by atoms with E-state index in [-0.39, 0.29) is 23.2 Å². The van der Waals surface area contributed by atoms with Gasteiger partial charge in [0.15, 0.2) is 0 Å². The third kappa shape index (κ3) is 5.41. The van der Waals surface area contributed by atoms with Crippen molar-refractivity contribution in [3.63, 3.8) is 0 Å². The summed E-state index contributed by atoms with van der Waals surface area (Å²) < 4.78 is 0. The van der Waals surface area contributed by atoms with E-state index < -0.39 is 16.9 Å². The molecule has 0 bridgehead atoms. The number of hydrogen-bond acceptors (Lipinski definition) is 4. The number of benzene rings is 2. The lowest BCUT2D eigenvalue weighted by Crippen LogP contribution is -2.55. The second-order valence-corrected chi connectivity index (χ2v) is 8.28. The second-order valence-electron chi connectivity index (χ2n) is 8.28. The first kappa shape index (κ1) is 23.0. The van der Waals surface area contributed by atoms with E-state index in [0.29, 0.717) is 11.6 Å². The van der Waals surface area contributed by atoms with Gasteiger partial charge in [0.25, 0.3) is 11.6 Å². The molecule has 0 aliphatic heterocycles. The van der Waals surface area contributed by atoms with Crippen molar-refractivity contribution in [2.45, 2.75) is 44.2 Å². The Labute approximate surface area is 194 Å². The van der Waals surface area contributed by atoms with Crippen molar-refractivity contribution in [2.24, 2.45) is 0 Å². The Balaban J connectivity index is 1.69. The van der Waals surface area contributed by atoms with E-state index in [1.807, 2.05) is 43.9 Å². The van der Waals surface area contributed by atoms with Crippen molar-refractivity contribution < 1.29 is 14.5 Å². The predicted octanol–water partition coefficient (Wildman–Crippen LogP) is 4.46. The molecule has 0 heterocycles. The molecule has 2 amide bonds. The number of non-ortho nitro benzene ring substituents is 1. The van der Waals surface area contributed by atoms with Crippen LogP contribution in [0.2, 0.25) is 0 Å². The normalized spacial score (nSPS) is 17.9. The number of carbonyl (C=O) groups excluding carboxylic acids is 2. The van der Waals surface area contributed by atoms with Crippen molar-refractivity contribution >= 4 is 23.2 Å². The van der Waals surface area contributed by atoms with E-state index in [9.17, 15) is 19.7 Å². The summed E-state index contributed by atoms with van der Waals surface area (Å²) in [5.41, 5.74) is 0.748. The molecule has 0 saturated heterocycles. The Morgan fingerprint density at radius 1 is 0.939 bits per heavy atom. The number of nitrogens with one attached hydrogen (secondary N) is 1. The lowest BCUT2D eigenvalue weighted by molar-refractivity contribution is -0.384. The monoisotopic (exact) mass is 444 g/mol. The molecule has 2 aliphatic carbocycles. The van der Waals surface area contributed by atoms with Crippen LogP contribution in [0.4, 0.5) is 11.4 Å². The Hall–Kier alpha value is -3.22. The number of nitro benzene ring substituents is 1. The third-order valence-corrected chi connectivity index (χ3v) is 6.04. The number of para-hydroxylation sites is 1. The Morgan fingerprint density at radius 3 is 2.18 bits per heavy atom. The molecule has 169 valence electrons. The van der Waals surface area contributed by atoms with Gasteiger partial charge in [0.05, 0.1) is 4.92 Å². The quantitative estimate of drug-likeness (QED) is 0.504. The van der Waals surface area contributed by atoms with Gasteiger partial charge in [0.2, 0.25) is 5.91 Å². The first-order chi connectivity index (χ1) is 16.0. The summed E-state index contributed by atoms with van der Waals surface area (Å²) in [5, 5.41) is 14.2. The van der Waals surface area contributed by atoms with Crippen LogP contribution in [0.1, 0.15) is 42.5 Å². The molecule has 2 aromatic carbocycles. The second kappa shape index (κ2) is 10.6. The highest BCUT2D eigenvalue weighted by Gasteiger charge is 2.40. The van der Waals surface area contributed by atoms with E-state index in [1.54, 1.807) is 12.1 Å². The molecular weight excluding hydrogens is 418 g/mol. The van der Waals surface area contributed by atoms with Crippen LogP contribution in [0.25, 0.3) is 0 Å². The third-order valence-electron chi connectivity index (χ3n) is 6.04. The fraction of sp³-hybridized carbons (Fsp3) is 0.269. The van der Waals surface area contributed by atoms with Gasteiger partial charge in [-0.1, -0.05) is 37.5 Å². The maximum Gasteiger partial charge on any atom is 0.269 e. The van der Waals surface area contributed by atoms with Crippen molar-refractivity contribution in [3.8, 4) is 0 Å². The van der Waals surface area contributed by atoms with Crippen LogP contribution in [0.3, 0.4) is 0 Å². The molecule has 0 aromatic heterocycles. The average Bonchev–Trinajstić information content (AvgIpc) is 3.37. The zero-order valence-electron chi connectivity index (χ0n) is 18.2. The first-order valence-corrected chi connectivity index (χ1v) is 11.2. The lowest BCUT2D eigenvalue weighted by Gasteiger charge is -2.36. The van der Waals surface area contributed by atoms with Gasteiger partial charge in [-0.15, -0.1) is 0 Å². The summed E-state index contributed by atoms with van der Waals surface area (Å²) in [5.74, 6) is 0.0794. The highest BCUT2D eigenvalue weighted by Crippen LogP contribution is 2.34. The number of anilines is 1. The summed E-state index contributed by atoms with van der Waals surface area (Å²) in [4.78, 5) is 39.4. The first-order valence-electron chi connectivity index (χ1n) is 11.2. The maximum atomic E-state index is 13.7. The van der Waals surface area contributed by atoms with Gasteiger partial charge < -0.3 is 5.32 Å². The minimum absolute atomic E-state index is 0.0933. The molecule has 33 heavy (non-hydrogen) atoms. The van der Waals surface area contributed by atoms with Crippen molar-refractivity contribution in [3.05, 3.63) is 102 Å². The van der Waals surface area contributed by atoms with Crippen LogP contribution in [0.5, 0.6) is 0 Å². The molecule has 7 nitrogen and oxygen atoms in total. The maximum absolute atomic E-state index is 13.7. The molecule has 5 radical (unpaired) electrons. The smallest absolute Gasteiger partial charge is 0.269 e. The average molecular weight is 445 g/mol. The summed E-state index contributed by atoms with van der Waals surface area (Å²) >= 11 is 0.